The Kier molecular flexibility index (Phi) is 7.32. The van der Waals surface area contributed by atoms with Crippen LogP contribution in [-0.2, 0) is 18.9 Å². The van der Waals surface area contributed by atoms with Crippen LogP contribution in [0.1, 0.15) is 6.92 Å². The van der Waals surface area contributed by atoms with Crippen molar-refractivity contribution in [2.24, 2.45) is 0 Å². The molecular weight excluding hydrogens is 356 g/mol. The lowest BCUT2D eigenvalue weighted by atomic mass is 9.99. The molecule has 2 aliphatic rings. The van der Waals surface area contributed by atoms with Crippen molar-refractivity contribution in [1.82, 2.24) is 0 Å². The number of aliphatic hydroxyl groups excluding tert-OH is 7. The molecule has 10 atom stereocenters. The van der Waals surface area contributed by atoms with E-state index in [0.29, 0.717) is 0 Å². The minimum atomic E-state index is -2.20. The van der Waals surface area contributed by atoms with Gasteiger partial charge in [0.05, 0.1) is 19.3 Å². The summed E-state index contributed by atoms with van der Waals surface area (Å²) in [6, 6.07) is 0. The first-order valence-electron chi connectivity index (χ1n) is 8.24. The predicted octanol–water partition coefficient (Wildman–Crippen LogP) is -4.15. The second kappa shape index (κ2) is 8.71. The summed E-state index contributed by atoms with van der Waals surface area (Å²) in [6.07, 6.45) is -12.6. The molecule has 0 aromatic rings. The van der Waals surface area contributed by atoms with Gasteiger partial charge in [-0.3, -0.25) is 0 Å². The van der Waals surface area contributed by atoms with Crippen LogP contribution in [0.4, 0.5) is 0 Å². The molecule has 1 radical (unpaired) electrons. The molecule has 153 valence electrons. The van der Waals surface area contributed by atoms with Gasteiger partial charge in [0, 0.05) is 0 Å². The van der Waals surface area contributed by atoms with E-state index in [1.54, 1.807) is 6.92 Å². The zero-order valence-corrected chi connectivity index (χ0v) is 14.3. The van der Waals surface area contributed by atoms with Crippen LogP contribution in [0.15, 0.2) is 0 Å². The van der Waals surface area contributed by atoms with Gasteiger partial charge in [-0.25, -0.2) is 0 Å². The van der Waals surface area contributed by atoms with Crippen LogP contribution in [0.3, 0.4) is 0 Å². The highest BCUT2D eigenvalue weighted by molar-refractivity contribution is 4.98. The Bertz CT molecular complexity index is 449. The van der Waals surface area contributed by atoms with E-state index in [-0.39, 0.29) is 6.61 Å². The Morgan fingerprint density at radius 2 is 1.65 bits per heavy atom. The van der Waals surface area contributed by atoms with Crippen LogP contribution in [0.2, 0.25) is 0 Å². The van der Waals surface area contributed by atoms with E-state index in [0.717, 1.165) is 0 Å². The summed E-state index contributed by atoms with van der Waals surface area (Å²) in [6.45, 7) is 3.48. The van der Waals surface area contributed by atoms with E-state index in [1.165, 1.54) is 0 Å². The smallest absolute Gasteiger partial charge is 0.224 e. The Hall–Kier alpha value is -0.440. The topological polar surface area (TPSA) is 179 Å². The van der Waals surface area contributed by atoms with Gasteiger partial charge >= 0.3 is 0 Å². The second-order valence-corrected chi connectivity index (χ2v) is 6.52. The molecule has 11 nitrogen and oxygen atoms in total. The van der Waals surface area contributed by atoms with Crippen molar-refractivity contribution in [3.05, 3.63) is 6.92 Å². The molecule has 2 saturated heterocycles. The van der Waals surface area contributed by atoms with Crippen LogP contribution in [-0.4, -0.2) is 116 Å². The molecule has 2 fully saturated rings. The van der Waals surface area contributed by atoms with Crippen LogP contribution < -0.4 is 0 Å². The van der Waals surface area contributed by atoms with E-state index >= 15 is 0 Å². The zero-order chi connectivity index (χ0) is 19.6. The molecule has 0 aliphatic carbocycles. The van der Waals surface area contributed by atoms with Crippen molar-refractivity contribution < 1.29 is 54.7 Å². The van der Waals surface area contributed by atoms with E-state index in [9.17, 15) is 35.7 Å². The van der Waals surface area contributed by atoms with Crippen LogP contribution in [0.25, 0.3) is 0 Å². The second-order valence-electron chi connectivity index (χ2n) is 6.52. The normalized spacial score (nSPS) is 46.8. The summed E-state index contributed by atoms with van der Waals surface area (Å²) in [5.74, 6) is -2.20. The number of ether oxygens (including phenoxy) is 4. The minimum Gasteiger partial charge on any atom is -0.394 e. The van der Waals surface area contributed by atoms with E-state index in [1.807, 2.05) is 0 Å². The summed E-state index contributed by atoms with van der Waals surface area (Å²) in [5, 5.41) is 68.9. The summed E-state index contributed by atoms with van der Waals surface area (Å²) < 4.78 is 21.2. The average molecular weight is 383 g/mol. The molecule has 2 heterocycles. The summed E-state index contributed by atoms with van der Waals surface area (Å²) in [7, 11) is 0. The van der Waals surface area contributed by atoms with Crippen LogP contribution >= 0.6 is 0 Å². The lowest BCUT2D eigenvalue weighted by Crippen LogP contribution is -2.62. The molecule has 0 spiro atoms. The molecule has 26 heavy (non-hydrogen) atoms. The summed E-state index contributed by atoms with van der Waals surface area (Å²) in [4.78, 5) is 0. The van der Waals surface area contributed by atoms with Crippen molar-refractivity contribution in [2.75, 3.05) is 19.8 Å². The largest absolute Gasteiger partial charge is 0.394 e. The highest BCUT2D eigenvalue weighted by Crippen LogP contribution is 2.36. The lowest BCUT2D eigenvalue weighted by molar-refractivity contribution is -0.384. The molecule has 2 rings (SSSR count). The fraction of sp³-hybridized carbons (Fsp3) is 0.933. The Morgan fingerprint density at radius 1 is 1.00 bits per heavy atom. The van der Waals surface area contributed by atoms with Gasteiger partial charge in [-0.05, 0) is 13.8 Å². The number of hydrogen-bond acceptors (Lipinski definition) is 11. The Balaban J connectivity index is 2.14. The third kappa shape index (κ3) is 4.18. The lowest BCUT2D eigenvalue weighted by Gasteiger charge is -2.43. The van der Waals surface area contributed by atoms with Gasteiger partial charge in [-0.1, -0.05) is 0 Å². The fourth-order valence-corrected chi connectivity index (χ4v) is 2.88. The first-order valence-corrected chi connectivity index (χ1v) is 8.24. The molecular formula is C15H27O11. The number of hydrogen-bond donors (Lipinski definition) is 7. The van der Waals surface area contributed by atoms with E-state index in [4.69, 9.17) is 18.9 Å². The van der Waals surface area contributed by atoms with Crippen molar-refractivity contribution in [3.63, 3.8) is 0 Å². The molecule has 2 aliphatic heterocycles. The van der Waals surface area contributed by atoms with E-state index < -0.39 is 74.1 Å². The molecule has 1 unspecified atom stereocenters. The van der Waals surface area contributed by atoms with Crippen molar-refractivity contribution >= 4 is 0 Å². The maximum absolute atomic E-state index is 10.1. The zero-order valence-electron chi connectivity index (χ0n) is 14.3. The monoisotopic (exact) mass is 383 g/mol. The highest BCUT2D eigenvalue weighted by Gasteiger charge is 2.58. The quantitative estimate of drug-likeness (QED) is 0.227. The van der Waals surface area contributed by atoms with Crippen LogP contribution in [0, 0.1) is 6.92 Å². The van der Waals surface area contributed by atoms with Gasteiger partial charge < -0.3 is 54.7 Å². The molecule has 0 bridgehead atoms. The average Bonchev–Trinajstić information content (AvgIpc) is 2.86. The minimum absolute atomic E-state index is 0.174. The fourth-order valence-electron chi connectivity index (χ4n) is 2.88. The van der Waals surface area contributed by atoms with Crippen molar-refractivity contribution in [3.8, 4) is 0 Å². The summed E-state index contributed by atoms with van der Waals surface area (Å²) >= 11 is 0. The van der Waals surface area contributed by atoms with Gasteiger partial charge in [0.1, 0.15) is 49.3 Å². The molecule has 7 N–H and O–H groups in total. The van der Waals surface area contributed by atoms with Crippen molar-refractivity contribution in [2.45, 2.75) is 67.8 Å². The highest BCUT2D eigenvalue weighted by atomic mass is 16.8. The van der Waals surface area contributed by atoms with Gasteiger partial charge in [-0.2, -0.15) is 0 Å². The standard InChI is InChI=1S/C15H27O11/c1-6(2)23-4-8-9(18)11(20)12(21)14(24-8)26-15(5-17)13(22)10(19)7(3-16)25-15/h6-14,16-22H,1,3-5H2,2H3/t6?,7-,8-,9-,10-,11+,12-,13+,14-,15+/m1/s1. The van der Waals surface area contributed by atoms with Gasteiger partial charge in [0.2, 0.25) is 5.79 Å². The molecule has 0 saturated carbocycles. The maximum atomic E-state index is 10.1. The first kappa shape index (κ1) is 21.9. The maximum Gasteiger partial charge on any atom is 0.224 e. The predicted molar refractivity (Wildman–Crippen MR) is 82.3 cm³/mol. The Morgan fingerprint density at radius 3 is 2.15 bits per heavy atom. The number of rotatable bonds is 7. The van der Waals surface area contributed by atoms with Gasteiger partial charge in [0.25, 0.3) is 0 Å². The third-order valence-electron chi connectivity index (χ3n) is 4.44. The van der Waals surface area contributed by atoms with Crippen LogP contribution in [0.5, 0.6) is 0 Å². The molecule has 0 amide bonds. The SMILES string of the molecule is [CH2]C(C)OC[C@H]1O[C@H](O[C@]2(CO)O[C@H](CO)[C@@H](O)[C@@H]2O)[C@H](O)[C@@H](O)[C@@H]1O. The van der Waals surface area contributed by atoms with Gasteiger partial charge in [0.15, 0.2) is 6.29 Å². The molecule has 0 aromatic carbocycles. The van der Waals surface area contributed by atoms with E-state index in [2.05, 4.69) is 6.92 Å². The molecule has 11 heteroatoms. The summed E-state index contributed by atoms with van der Waals surface area (Å²) in [5.41, 5.74) is 0. The number of aliphatic hydroxyl groups is 7. The van der Waals surface area contributed by atoms with Gasteiger partial charge in [-0.15, -0.1) is 0 Å². The van der Waals surface area contributed by atoms with Crippen molar-refractivity contribution in [1.29, 1.82) is 0 Å². The third-order valence-corrected chi connectivity index (χ3v) is 4.44. The first-order chi connectivity index (χ1) is 12.2. The molecule has 0 aromatic heterocycles. The Labute approximate surface area is 150 Å².